The van der Waals surface area contributed by atoms with E-state index >= 15 is 0 Å². The Morgan fingerprint density at radius 3 is 2.58 bits per heavy atom. The van der Waals surface area contributed by atoms with Gasteiger partial charge in [0.25, 0.3) is 0 Å². The topological polar surface area (TPSA) is 85.1 Å². The number of aromatic nitrogens is 1. The van der Waals surface area contributed by atoms with Crippen molar-refractivity contribution in [3.8, 4) is 0 Å². The molecule has 6 heteroatoms. The van der Waals surface area contributed by atoms with Gasteiger partial charge in [-0.05, 0) is 30.7 Å². The molecule has 0 spiro atoms. The first-order chi connectivity index (χ1) is 9.00. The first kappa shape index (κ1) is 13.5. The van der Waals surface area contributed by atoms with E-state index in [2.05, 4.69) is 9.71 Å². The number of nitrogens with two attached hydrogens (primary N) is 1. The highest BCUT2D eigenvalue weighted by Gasteiger charge is 2.20. The summed E-state index contributed by atoms with van der Waals surface area (Å²) in [5, 5.41) is 0. The molecule has 1 aromatic heterocycles. The monoisotopic (exact) mass is 277 g/mol. The van der Waals surface area contributed by atoms with Gasteiger partial charge in [-0.25, -0.2) is 13.1 Å². The highest BCUT2D eigenvalue weighted by Crippen LogP contribution is 2.20. The number of nitrogen functional groups attached to an aromatic ring is 1. The molecule has 0 saturated heterocycles. The van der Waals surface area contributed by atoms with E-state index in [4.69, 9.17) is 5.73 Å². The van der Waals surface area contributed by atoms with E-state index in [1.54, 1.807) is 43.6 Å². The predicted molar refractivity (Wildman–Crippen MR) is 73.8 cm³/mol. The molecular formula is C13H15N3O2S. The maximum absolute atomic E-state index is 12.2. The second kappa shape index (κ2) is 5.38. The lowest BCUT2D eigenvalue weighted by atomic mass is 10.2. The summed E-state index contributed by atoms with van der Waals surface area (Å²) in [7, 11) is -3.64. The molecule has 2 aromatic rings. The van der Waals surface area contributed by atoms with Crippen LogP contribution in [-0.4, -0.2) is 13.4 Å². The van der Waals surface area contributed by atoms with Crippen LogP contribution >= 0.6 is 0 Å². The van der Waals surface area contributed by atoms with Gasteiger partial charge in [-0.15, -0.1) is 0 Å². The summed E-state index contributed by atoms with van der Waals surface area (Å²) in [6.07, 6.45) is 3.27. The van der Waals surface area contributed by atoms with Crippen LogP contribution in [0.15, 0.2) is 53.7 Å². The van der Waals surface area contributed by atoms with Gasteiger partial charge in [0.1, 0.15) is 4.90 Å². The number of pyridine rings is 1. The van der Waals surface area contributed by atoms with Gasteiger partial charge in [0, 0.05) is 18.4 Å². The van der Waals surface area contributed by atoms with Crippen molar-refractivity contribution in [2.45, 2.75) is 17.9 Å². The second-order valence-electron chi connectivity index (χ2n) is 4.17. The largest absolute Gasteiger partial charge is 0.398 e. The average molecular weight is 277 g/mol. The van der Waals surface area contributed by atoms with E-state index in [0.29, 0.717) is 0 Å². The van der Waals surface area contributed by atoms with Gasteiger partial charge in [-0.1, -0.05) is 18.2 Å². The van der Waals surface area contributed by atoms with E-state index in [9.17, 15) is 8.42 Å². The molecule has 0 aliphatic heterocycles. The Hall–Kier alpha value is -1.92. The van der Waals surface area contributed by atoms with Gasteiger partial charge < -0.3 is 5.73 Å². The molecule has 5 nitrogen and oxygen atoms in total. The van der Waals surface area contributed by atoms with Crippen molar-refractivity contribution in [3.05, 3.63) is 54.4 Å². The van der Waals surface area contributed by atoms with Crippen LogP contribution in [0, 0.1) is 0 Å². The minimum Gasteiger partial charge on any atom is -0.398 e. The van der Waals surface area contributed by atoms with Crippen LogP contribution in [0.5, 0.6) is 0 Å². The third kappa shape index (κ3) is 3.10. The van der Waals surface area contributed by atoms with Gasteiger partial charge in [-0.2, -0.15) is 0 Å². The molecule has 19 heavy (non-hydrogen) atoms. The number of sulfonamides is 1. The van der Waals surface area contributed by atoms with Crippen molar-refractivity contribution >= 4 is 15.7 Å². The number of anilines is 1. The highest BCUT2D eigenvalue weighted by atomic mass is 32.2. The van der Waals surface area contributed by atoms with Gasteiger partial charge in [0.05, 0.1) is 5.69 Å². The highest BCUT2D eigenvalue weighted by molar-refractivity contribution is 7.89. The van der Waals surface area contributed by atoms with E-state index in [1.165, 1.54) is 6.07 Å². The zero-order valence-corrected chi connectivity index (χ0v) is 11.3. The molecule has 1 unspecified atom stereocenters. The fourth-order valence-corrected chi connectivity index (χ4v) is 3.09. The third-order valence-electron chi connectivity index (χ3n) is 2.72. The molecule has 0 aliphatic rings. The molecule has 0 fully saturated rings. The Morgan fingerprint density at radius 2 is 1.95 bits per heavy atom. The summed E-state index contributed by atoms with van der Waals surface area (Å²) in [6.45, 7) is 1.76. The number of hydrogen-bond donors (Lipinski definition) is 2. The molecule has 1 aromatic carbocycles. The number of nitrogens with one attached hydrogen (secondary N) is 1. The Labute approximate surface area is 112 Å². The molecule has 2 rings (SSSR count). The predicted octanol–water partition coefficient (Wildman–Crippen LogP) is 1.70. The molecular weight excluding hydrogens is 262 g/mol. The first-order valence-electron chi connectivity index (χ1n) is 5.77. The van der Waals surface area contributed by atoms with E-state index < -0.39 is 10.0 Å². The molecule has 0 saturated carbocycles. The Morgan fingerprint density at radius 1 is 1.21 bits per heavy atom. The standard InChI is InChI=1S/C13H15N3O2S/c1-10(11-5-4-8-15-9-11)16-19(17,18)13-7-3-2-6-12(13)14/h2-10,16H,14H2,1H3. The fourth-order valence-electron chi connectivity index (χ4n) is 1.72. The molecule has 0 aliphatic carbocycles. The number of benzene rings is 1. The maximum atomic E-state index is 12.2. The summed E-state index contributed by atoms with van der Waals surface area (Å²) < 4.78 is 27.0. The van der Waals surface area contributed by atoms with Gasteiger partial charge in [-0.3, -0.25) is 4.98 Å². The lowest BCUT2D eigenvalue weighted by molar-refractivity contribution is 0.567. The van der Waals surface area contributed by atoms with Gasteiger partial charge in [0.2, 0.25) is 10.0 Å². The first-order valence-corrected chi connectivity index (χ1v) is 7.26. The van der Waals surface area contributed by atoms with Crippen LogP contribution in [0.25, 0.3) is 0 Å². The van der Waals surface area contributed by atoms with Crippen LogP contribution in [0.4, 0.5) is 5.69 Å². The summed E-state index contributed by atoms with van der Waals surface area (Å²) in [4.78, 5) is 4.06. The molecule has 1 heterocycles. The molecule has 100 valence electrons. The molecule has 0 bridgehead atoms. The molecule has 3 N–H and O–H groups in total. The summed E-state index contributed by atoms with van der Waals surface area (Å²) in [5.41, 5.74) is 6.71. The molecule has 0 amide bonds. The minimum atomic E-state index is -3.64. The number of rotatable bonds is 4. The summed E-state index contributed by atoms with van der Waals surface area (Å²) >= 11 is 0. The lowest BCUT2D eigenvalue weighted by Gasteiger charge is -2.15. The minimum absolute atomic E-state index is 0.0886. The lowest BCUT2D eigenvalue weighted by Crippen LogP contribution is -2.27. The number of nitrogens with zero attached hydrogens (tertiary/aromatic N) is 1. The molecule has 0 radical (unpaired) electrons. The quantitative estimate of drug-likeness (QED) is 0.833. The summed E-state index contributed by atoms with van der Waals surface area (Å²) in [5.74, 6) is 0. The normalized spacial score (nSPS) is 13.1. The maximum Gasteiger partial charge on any atom is 0.243 e. The van der Waals surface area contributed by atoms with Gasteiger partial charge >= 0.3 is 0 Å². The Kier molecular flexibility index (Phi) is 3.82. The second-order valence-corrected chi connectivity index (χ2v) is 5.85. The van der Waals surface area contributed by atoms with Crippen molar-refractivity contribution in [2.24, 2.45) is 0 Å². The summed E-state index contributed by atoms with van der Waals surface area (Å²) in [6, 6.07) is 9.57. The van der Waals surface area contributed by atoms with Crippen molar-refractivity contribution in [3.63, 3.8) is 0 Å². The average Bonchev–Trinajstić information content (AvgIpc) is 2.39. The smallest absolute Gasteiger partial charge is 0.243 e. The van der Waals surface area contributed by atoms with Crippen molar-refractivity contribution in [1.29, 1.82) is 0 Å². The van der Waals surface area contributed by atoms with E-state index in [-0.39, 0.29) is 16.6 Å². The van der Waals surface area contributed by atoms with E-state index in [0.717, 1.165) is 5.56 Å². The number of hydrogen-bond acceptors (Lipinski definition) is 4. The van der Waals surface area contributed by atoms with E-state index in [1.807, 2.05) is 6.07 Å². The third-order valence-corrected chi connectivity index (χ3v) is 4.34. The van der Waals surface area contributed by atoms with Crippen molar-refractivity contribution in [1.82, 2.24) is 9.71 Å². The SMILES string of the molecule is CC(NS(=O)(=O)c1ccccc1N)c1cccnc1. The van der Waals surface area contributed by atoms with Crippen molar-refractivity contribution < 1.29 is 8.42 Å². The fraction of sp³-hybridized carbons (Fsp3) is 0.154. The number of para-hydroxylation sites is 1. The van der Waals surface area contributed by atoms with Crippen LogP contribution in [-0.2, 0) is 10.0 Å². The van der Waals surface area contributed by atoms with Crippen LogP contribution in [0.1, 0.15) is 18.5 Å². The van der Waals surface area contributed by atoms with Crippen LogP contribution < -0.4 is 10.5 Å². The zero-order valence-electron chi connectivity index (χ0n) is 10.4. The Balaban J connectivity index is 2.26. The van der Waals surface area contributed by atoms with Gasteiger partial charge in [0.15, 0.2) is 0 Å². The van der Waals surface area contributed by atoms with Crippen LogP contribution in [0.3, 0.4) is 0 Å². The zero-order chi connectivity index (χ0) is 13.9. The Bertz CT molecular complexity index is 657. The van der Waals surface area contributed by atoms with Crippen LogP contribution in [0.2, 0.25) is 0 Å². The molecule has 1 atom stereocenters. The van der Waals surface area contributed by atoms with Crippen molar-refractivity contribution in [2.75, 3.05) is 5.73 Å².